The van der Waals surface area contributed by atoms with Crippen molar-refractivity contribution in [2.24, 2.45) is 11.8 Å². The highest BCUT2D eigenvalue weighted by atomic mass is 32.1. The molecule has 1 aromatic heterocycles. The van der Waals surface area contributed by atoms with Crippen molar-refractivity contribution in [1.82, 2.24) is 9.88 Å². The highest BCUT2D eigenvalue weighted by Crippen LogP contribution is 2.24. The zero-order chi connectivity index (χ0) is 14.7. The fourth-order valence-electron chi connectivity index (χ4n) is 2.27. The Labute approximate surface area is 122 Å². The van der Waals surface area contributed by atoms with Gasteiger partial charge in [0, 0.05) is 18.5 Å². The number of carbonyl (C=O) groups is 2. The Balaban J connectivity index is 2.04. The van der Waals surface area contributed by atoms with Gasteiger partial charge in [-0.15, -0.1) is 11.3 Å². The third kappa shape index (κ3) is 3.17. The zero-order valence-corrected chi connectivity index (χ0v) is 12.9. The maximum Gasteiger partial charge on any atom is 0.367 e. The molecule has 0 radical (unpaired) electrons. The van der Waals surface area contributed by atoms with Crippen LogP contribution in [0.15, 0.2) is 5.38 Å². The number of aromatic nitrogens is 1. The second-order valence-corrected chi connectivity index (χ2v) is 6.11. The number of amides is 1. The smallest absolute Gasteiger partial charge is 0.367 e. The Hall–Kier alpha value is -1.43. The van der Waals surface area contributed by atoms with E-state index >= 15 is 0 Å². The number of hydrogen-bond acceptors (Lipinski definition) is 5. The fourth-order valence-corrected chi connectivity index (χ4v) is 2.95. The molecule has 1 aromatic rings. The molecular weight excluding hydrogens is 276 g/mol. The summed E-state index contributed by atoms with van der Waals surface area (Å²) in [6, 6.07) is 0. The summed E-state index contributed by atoms with van der Waals surface area (Å²) < 4.78 is 4.88. The molecule has 6 heteroatoms. The normalized spacial score (nSPS) is 22.6. The van der Waals surface area contributed by atoms with Gasteiger partial charge in [-0.3, -0.25) is 4.79 Å². The number of ether oxygens (including phenoxy) is 1. The van der Waals surface area contributed by atoms with Crippen LogP contribution in [0.4, 0.5) is 0 Å². The van der Waals surface area contributed by atoms with E-state index in [4.69, 9.17) is 4.74 Å². The third-order valence-corrected chi connectivity index (χ3v) is 4.62. The molecule has 0 N–H and O–H groups in total. The number of carbonyl (C=O) groups excluding carboxylic acids is 2. The van der Waals surface area contributed by atoms with Gasteiger partial charge in [-0.1, -0.05) is 13.8 Å². The van der Waals surface area contributed by atoms with Gasteiger partial charge >= 0.3 is 5.97 Å². The number of rotatable bonds is 3. The van der Waals surface area contributed by atoms with Crippen molar-refractivity contribution in [2.45, 2.75) is 27.2 Å². The predicted molar refractivity (Wildman–Crippen MR) is 76.9 cm³/mol. The van der Waals surface area contributed by atoms with Crippen LogP contribution in [0.3, 0.4) is 0 Å². The van der Waals surface area contributed by atoms with Crippen LogP contribution in [0.25, 0.3) is 0 Å². The Bertz CT molecular complexity index is 500. The fraction of sp³-hybridized carbons (Fsp3) is 0.643. The minimum Gasteiger partial charge on any atom is -0.461 e. The van der Waals surface area contributed by atoms with Crippen molar-refractivity contribution < 1.29 is 14.3 Å². The largest absolute Gasteiger partial charge is 0.461 e. The van der Waals surface area contributed by atoms with Crippen LogP contribution < -0.4 is 0 Å². The summed E-state index contributed by atoms with van der Waals surface area (Å²) in [4.78, 5) is 29.8. The molecule has 2 heterocycles. The van der Waals surface area contributed by atoms with Crippen molar-refractivity contribution in [2.75, 3.05) is 19.7 Å². The number of nitrogens with zero attached hydrogens (tertiary/aromatic N) is 2. The van der Waals surface area contributed by atoms with Gasteiger partial charge in [0.1, 0.15) is 5.69 Å². The van der Waals surface area contributed by atoms with Crippen LogP contribution in [0.2, 0.25) is 0 Å². The van der Waals surface area contributed by atoms with Crippen molar-refractivity contribution in [3.8, 4) is 0 Å². The Kier molecular flexibility index (Phi) is 4.75. The van der Waals surface area contributed by atoms with Crippen LogP contribution in [0, 0.1) is 11.8 Å². The molecule has 0 aromatic carbocycles. The lowest BCUT2D eigenvalue weighted by Crippen LogP contribution is -2.42. The van der Waals surface area contributed by atoms with Crippen molar-refractivity contribution in [3.05, 3.63) is 16.1 Å². The topological polar surface area (TPSA) is 59.5 Å². The van der Waals surface area contributed by atoms with E-state index in [1.54, 1.807) is 12.3 Å². The molecule has 1 saturated heterocycles. The Morgan fingerprint density at radius 3 is 2.85 bits per heavy atom. The molecule has 110 valence electrons. The van der Waals surface area contributed by atoms with E-state index in [9.17, 15) is 9.59 Å². The van der Waals surface area contributed by atoms with Crippen LogP contribution in [0.1, 0.15) is 47.5 Å². The summed E-state index contributed by atoms with van der Waals surface area (Å²) in [5, 5.41) is 1.88. The lowest BCUT2D eigenvalue weighted by Gasteiger charge is -2.34. The summed E-state index contributed by atoms with van der Waals surface area (Å²) in [6.07, 6.45) is 1.02. The van der Waals surface area contributed by atoms with Gasteiger partial charge in [0.05, 0.1) is 6.61 Å². The van der Waals surface area contributed by atoms with E-state index in [1.165, 1.54) is 0 Å². The van der Waals surface area contributed by atoms with E-state index in [1.807, 2.05) is 4.90 Å². The maximum absolute atomic E-state index is 12.4. The van der Waals surface area contributed by atoms with Gasteiger partial charge in [0.2, 0.25) is 5.01 Å². The van der Waals surface area contributed by atoms with E-state index in [0.29, 0.717) is 24.1 Å². The molecule has 0 aliphatic carbocycles. The monoisotopic (exact) mass is 296 g/mol. The third-order valence-electron chi connectivity index (χ3n) is 3.79. The predicted octanol–water partition coefficient (Wildman–Crippen LogP) is 2.44. The van der Waals surface area contributed by atoms with Crippen LogP contribution in [-0.2, 0) is 4.74 Å². The first-order chi connectivity index (χ1) is 9.52. The minimum absolute atomic E-state index is 0.0875. The van der Waals surface area contributed by atoms with E-state index in [0.717, 1.165) is 30.8 Å². The summed E-state index contributed by atoms with van der Waals surface area (Å²) in [5.74, 6) is 0.591. The van der Waals surface area contributed by atoms with Crippen molar-refractivity contribution >= 4 is 23.2 Å². The number of piperidine rings is 1. The number of thiazole rings is 1. The molecule has 20 heavy (non-hydrogen) atoms. The Morgan fingerprint density at radius 2 is 2.20 bits per heavy atom. The molecule has 0 saturated carbocycles. The lowest BCUT2D eigenvalue weighted by molar-refractivity contribution is 0.0525. The highest BCUT2D eigenvalue weighted by Gasteiger charge is 2.28. The molecule has 1 fully saturated rings. The summed E-state index contributed by atoms with van der Waals surface area (Å²) in [6.45, 7) is 7.95. The van der Waals surface area contributed by atoms with E-state index in [2.05, 4.69) is 18.8 Å². The zero-order valence-electron chi connectivity index (χ0n) is 12.1. The first kappa shape index (κ1) is 15.0. The van der Waals surface area contributed by atoms with Gasteiger partial charge in [-0.25, -0.2) is 9.78 Å². The molecule has 1 aliphatic rings. The molecule has 0 spiro atoms. The second kappa shape index (κ2) is 6.35. The number of hydrogen-bond donors (Lipinski definition) is 0. The van der Waals surface area contributed by atoms with Crippen molar-refractivity contribution in [3.63, 3.8) is 0 Å². The molecular formula is C14H20N2O3S. The first-order valence-corrected chi connectivity index (χ1v) is 7.82. The number of esters is 1. The molecule has 2 atom stereocenters. The highest BCUT2D eigenvalue weighted by molar-refractivity contribution is 7.11. The molecule has 2 rings (SSSR count). The van der Waals surface area contributed by atoms with Gasteiger partial charge < -0.3 is 9.64 Å². The Morgan fingerprint density at radius 1 is 1.45 bits per heavy atom. The van der Waals surface area contributed by atoms with E-state index in [-0.39, 0.29) is 10.9 Å². The average molecular weight is 296 g/mol. The summed E-state index contributed by atoms with van der Waals surface area (Å²) >= 11 is 1.16. The molecule has 1 amide bonds. The quantitative estimate of drug-likeness (QED) is 0.804. The standard InChI is InChI=1S/C14H20N2O3S/c1-4-19-14(18)12-15-11(8-20-12)13(17)16-6-5-9(2)10(3)7-16/h8-10H,4-7H2,1-3H3. The van der Waals surface area contributed by atoms with Gasteiger partial charge in [-0.05, 0) is 25.2 Å². The maximum atomic E-state index is 12.4. The lowest BCUT2D eigenvalue weighted by atomic mass is 9.88. The van der Waals surface area contributed by atoms with Crippen LogP contribution in [-0.4, -0.2) is 41.5 Å². The average Bonchev–Trinajstić information content (AvgIpc) is 2.91. The molecule has 2 unspecified atom stereocenters. The summed E-state index contributed by atoms with van der Waals surface area (Å²) in [5.41, 5.74) is 0.347. The summed E-state index contributed by atoms with van der Waals surface area (Å²) in [7, 11) is 0. The molecule has 0 bridgehead atoms. The van der Waals surface area contributed by atoms with Gasteiger partial charge in [0.25, 0.3) is 5.91 Å². The molecule has 1 aliphatic heterocycles. The van der Waals surface area contributed by atoms with Gasteiger partial charge in [0.15, 0.2) is 0 Å². The van der Waals surface area contributed by atoms with Crippen molar-refractivity contribution in [1.29, 1.82) is 0 Å². The molecule has 5 nitrogen and oxygen atoms in total. The van der Waals surface area contributed by atoms with Gasteiger partial charge in [-0.2, -0.15) is 0 Å². The minimum atomic E-state index is -0.461. The first-order valence-electron chi connectivity index (χ1n) is 6.94. The van der Waals surface area contributed by atoms with Crippen LogP contribution in [0.5, 0.6) is 0 Å². The van der Waals surface area contributed by atoms with E-state index < -0.39 is 5.97 Å². The van der Waals surface area contributed by atoms with Crippen LogP contribution >= 0.6 is 11.3 Å². The SMILES string of the molecule is CCOC(=O)c1nc(C(=O)N2CCC(C)C(C)C2)cs1. The number of likely N-dealkylation sites (tertiary alicyclic amines) is 1. The second-order valence-electron chi connectivity index (χ2n) is 5.25.